The van der Waals surface area contributed by atoms with Crippen LogP contribution in [0, 0.1) is 5.92 Å². The average molecular weight is 297 g/mol. The van der Waals surface area contributed by atoms with Crippen LogP contribution in [0.25, 0.3) is 0 Å². The Hall–Kier alpha value is -1.07. The summed E-state index contributed by atoms with van der Waals surface area (Å²) in [5.41, 5.74) is 7.28. The summed E-state index contributed by atoms with van der Waals surface area (Å²) in [6, 6.07) is 5.46. The second-order valence-electron chi connectivity index (χ2n) is 5.56. The minimum absolute atomic E-state index is 0.0880. The quantitative estimate of drug-likeness (QED) is 0.874. The number of nitrogens with two attached hydrogens (primary N) is 1. The Morgan fingerprint density at radius 1 is 1.30 bits per heavy atom. The smallest absolute Gasteiger partial charge is 0.154 e. The van der Waals surface area contributed by atoms with Crippen LogP contribution in [0.5, 0.6) is 5.75 Å². The molecule has 0 aliphatic heterocycles. The van der Waals surface area contributed by atoms with Gasteiger partial charge in [-0.2, -0.15) is 0 Å². The van der Waals surface area contributed by atoms with Crippen molar-refractivity contribution in [2.75, 3.05) is 12.9 Å². The van der Waals surface area contributed by atoms with E-state index in [1.165, 1.54) is 12.8 Å². The third-order valence-electron chi connectivity index (χ3n) is 3.92. The lowest BCUT2D eigenvalue weighted by Crippen LogP contribution is -2.16. The fourth-order valence-electron chi connectivity index (χ4n) is 2.90. The molecule has 0 saturated heterocycles. The van der Waals surface area contributed by atoms with E-state index >= 15 is 0 Å². The van der Waals surface area contributed by atoms with Crippen molar-refractivity contribution in [3.05, 3.63) is 29.3 Å². The van der Waals surface area contributed by atoms with E-state index < -0.39 is 9.84 Å². The zero-order valence-corrected chi connectivity index (χ0v) is 12.8. The Kier molecular flexibility index (Phi) is 5.05. The maximum absolute atomic E-state index is 12.2. The van der Waals surface area contributed by atoms with Crippen molar-refractivity contribution in [2.45, 2.75) is 38.0 Å². The second kappa shape index (κ2) is 6.59. The van der Waals surface area contributed by atoms with Gasteiger partial charge in [0.15, 0.2) is 9.84 Å². The molecule has 1 saturated carbocycles. The van der Waals surface area contributed by atoms with Crippen molar-refractivity contribution in [3.63, 3.8) is 0 Å². The molecule has 0 aromatic heterocycles. The molecule has 0 amide bonds. The van der Waals surface area contributed by atoms with E-state index in [-0.39, 0.29) is 5.75 Å². The van der Waals surface area contributed by atoms with Crippen molar-refractivity contribution in [3.8, 4) is 5.75 Å². The minimum Gasteiger partial charge on any atom is -0.496 e. The van der Waals surface area contributed by atoms with Crippen LogP contribution in [0.4, 0.5) is 0 Å². The summed E-state index contributed by atoms with van der Waals surface area (Å²) in [5, 5.41) is 0. The Bertz CT molecular complexity index is 548. The predicted octanol–water partition coefficient (Wildman–Crippen LogP) is 2.26. The summed E-state index contributed by atoms with van der Waals surface area (Å²) >= 11 is 0. The number of hydrogen-bond acceptors (Lipinski definition) is 4. The first-order valence-electron chi connectivity index (χ1n) is 7.10. The first-order valence-corrected chi connectivity index (χ1v) is 8.92. The third-order valence-corrected chi connectivity index (χ3v) is 5.67. The molecular weight excluding hydrogens is 274 g/mol. The van der Waals surface area contributed by atoms with Crippen molar-refractivity contribution in [2.24, 2.45) is 11.7 Å². The van der Waals surface area contributed by atoms with E-state index in [1.54, 1.807) is 13.2 Å². The summed E-state index contributed by atoms with van der Waals surface area (Å²) in [6.45, 7) is 0.387. The van der Waals surface area contributed by atoms with Crippen molar-refractivity contribution in [1.82, 2.24) is 0 Å². The van der Waals surface area contributed by atoms with Gasteiger partial charge in [0.05, 0.1) is 18.6 Å². The molecular formula is C15H23NO3S. The van der Waals surface area contributed by atoms with Gasteiger partial charge < -0.3 is 10.5 Å². The molecule has 5 heteroatoms. The maximum atomic E-state index is 12.2. The number of benzene rings is 1. The molecule has 0 heterocycles. The number of methoxy groups -OCH3 is 1. The molecule has 0 unspecified atom stereocenters. The molecule has 2 N–H and O–H groups in total. The highest BCUT2D eigenvalue weighted by atomic mass is 32.2. The normalized spacial score (nSPS) is 16.5. The molecule has 1 fully saturated rings. The molecule has 1 aliphatic rings. The molecule has 0 spiro atoms. The van der Waals surface area contributed by atoms with Crippen LogP contribution < -0.4 is 10.5 Å². The zero-order chi connectivity index (χ0) is 14.6. The van der Waals surface area contributed by atoms with Crippen molar-refractivity contribution in [1.29, 1.82) is 0 Å². The molecule has 4 nitrogen and oxygen atoms in total. The summed E-state index contributed by atoms with van der Waals surface area (Å²) in [7, 11) is -1.47. The van der Waals surface area contributed by atoms with Gasteiger partial charge in [-0.05, 0) is 30.4 Å². The first-order chi connectivity index (χ1) is 9.54. The van der Waals surface area contributed by atoms with Gasteiger partial charge in [0, 0.05) is 12.1 Å². The highest BCUT2D eigenvalue weighted by molar-refractivity contribution is 7.90. The summed E-state index contributed by atoms with van der Waals surface area (Å²) in [5.74, 6) is 1.42. The van der Waals surface area contributed by atoms with Crippen LogP contribution in [0.2, 0.25) is 0 Å². The fraction of sp³-hybridized carbons (Fsp3) is 0.600. The molecule has 0 radical (unpaired) electrons. The third kappa shape index (κ3) is 3.96. The van der Waals surface area contributed by atoms with Gasteiger partial charge in [-0.1, -0.05) is 25.0 Å². The van der Waals surface area contributed by atoms with Crippen LogP contribution in [-0.2, 0) is 22.1 Å². The second-order valence-corrected chi connectivity index (χ2v) is 7.66. The van der Waals surface area contributed by atoms with Gasteiger partial charge in [-0.15, -0.1) is 0 Å². The van der Waals surface area contributed by atoms with Gasteiger partial charge >= 0.3 is 0 Å². The Labute approximate surface area is 121 Å². The lowest BCUT2D eigenvalue weighted by atomic mass is 10.1. The van der Waals surface area contributed by atoms with Crippen LogP contribution in [0.1, 0.15) is 36.8 Å². The monoisotopic (exact) mass is 297 g/mol. The molecule has 1 aromatic carbocycles. The number of rotatable bonds is 6. The van der Waals surface area contributed by atoms with E-state index in [1.807, 2.05) is 12.1 Å². The van der Waals surface area contributed by atoms with Gasteiger partial charge in [0.25, 0.3) is 0 Å². The fourth-order valence-corrected chi connectivity index (χ4v) is 4.75. The number of ether oxygens (including phenoxy) is 1. The Morgan fingerprint density at radius 2 is 2.00 bits per heavy atom. The van der Waals surface area contributed by atoms with Crippen molar-refractivity contribution < 1.29 is 13.2 Å². The van der Waals surface area contributed by atoms with Crippen molar-refractivity contribution >= 4 is 9.84 Å². The van der Waals surface area contributed by atoms with E-state index in [0.717, 1.165) is 24.0 Å². The van der Waals surface area contributed by atoms with E-state index in [4.69, 9.17) is 10.5 Å². The standard InChI is InChI=1S/C15H23NO3S/c1-19-15-8-13(6-7-14(15)9-16)11-20(17,18)10-12-4-2-3-5-12/h6-8,12H,2-5,9-11,16H2,1H3. The highest BCUT2D eigenvalue weighted by Gasteiger charge is 2.23. The SMILES string of the molecule is COc1cc(CS(=O)(=O)CC2CCCC2)ccc1CN. The Balaban J connectivity index is 2.08. The van der Waals surface area contributed by atoms with E-state index in [2.05, 4.69) is 0 Å². The van der Waals surface area contributed by atoms with E-state index in [9.17, 15) is 8.42 Å². The summed E-state index contributed by atoms with van der Waals surface area (Å²) in [4.78, 5) is 0. The topological polar surface area (TPSA) is 69.4 Å². The molecule has 20 heavy (non-hydrogen) atoms. The largest absolute Gasteiger partial charge is 0.496 e. The Morgan fingerprint density at radius 3 is 2.60 bits per heavy atom. The molecule has 112 valence electrons. The number of hydrogen-bond donors (Lipinski definition) is 1. The van der Waals surface area contributed by atoms with E-state index in [0.29, 0.717) is 24.0 Å². The molecule has 0 bridgehead atoms. The lowest BCUT2D eigenvalue weighted by Gasteiger charge is -2.12. The molecule has 2 rings (SSSR count). The average Bonchev–Trinajstić information content (AvgIpc) is 2.90. The number of sulfone groups is 1. The van der Waals surface area contributed by atoms with Gasteiger partial charge in [0.2, 0.25) is 0 Å². The van der Waals surface area contributed by atoms with Crippen LogP contribution in [-0.4, -0.2) is 21.3 Å². The molecule has 1 aliphatic carbocycles. The van der Waals surface area contributed by atoms with Crippen LogP contribution in [0.15, 0.2) is 18.2 Å². The summed E-state index contributed by atoms with van der Waals surface area (Å²) < 4.78 is 29.7. The summed E-state index contributed by atoms with van der Waals surface area (Å²) in [6.07, 6.45) is 4.43. The highest BCUT2D eigenvalue weighted by Crippen LogP contribution is 2.27. The van der Waals surface area contributed by atoms with Gasteiger partial charge in [-0.25, -0.2) is 8.42 Å². The van der Waals surface area contributed by atoms with Gasteiger partial charge in [-0.3, -0.25) is 0 Å². The van der Waals surface area contributed by atoms with Crippen LogP contribution in [0.3, 0.4) is 0 Å². The van der Waals surface area contributed by atoms with Gasteiger partial charge in [0.1, 0.15) is 5.75 Å². The molecule has 0 atom stereocenters. The minimum atomic E-state index is -3.05. The lowest BCUT2D eigenvalue weighted by molar-refractivity contribution is 0.409. The van der Waals surface area contributed by atoms with Crippen LogP contribution >= 0.6 is 0 Å². The predicted molar refractivity (Wildman–Crippen MR) is 80.3 cm³/mol. The molecule has 1 aromatic rings. The maximum Gasteiger partial charge on any atom is 0.154 e. The zero-order valence-electron chi connectivity index (χ0n) is 12.0. The first kappa shape index (κ1) is 15.3.